The van der Waals surface area contributed by atoms with Crippen LogP contribution in [-0.2, 0) is 17.6 Å². The van der Waals surface area contributed by atoms with Gasteiger partial charge >= 0.3 is 6.18 Å². The van der Waals surface area contributed by atoms with E-state index in [0.717, 1.165) is 25.2 Å². The second-order valence-corrected chi connectivity index (χ2v) is 8.28. The van der Waals surface area contributed by atoms with Gasteiger partial charge in [0.2, 0.25) is 0 Å². The molecule has 0 spiro atoms. The minimum absolute atomic E-state index is 0.0670. The number of rotatable bonds is 6. The molecule has 1 unspecified atom stereocenters. The van der Waals surface area contributed by atoms with Crippen molar-refractivity contribution in [3.63, 3.8) is 0 Å². The maximum Gasteiger partial charge on any atom is 0.416 e. The Bertz CT molecular complexity index is 1030. The molecule has 1 amide bonds. The van der Waals surface area contributed by atoms with Gasteiger partial charge in [-0.3, -0.25) is 20.5 Å². The highest BCUT2D eigenvalue weighted by atomic mass is 19.4. The SMILES string of the molecule is CN1CCN(C(C(=O)NNc2cc(CF)cc(C(F)(F)F)c2)c2cccc3c2OCCO3)CC1. The molecule has 2 aliphatic rings. The van der Waals surface area contributed by atoms with Crippen LogP contribution in [-0.4, -0.2) is 62.1 Å². The van der Waals surface area contributed by atoms with E-state index in [4.69, 9.17) is 9.47 Å². The lowest BCUT2D eigenvalue weighted by molar-refractivity contribution is -0.137. The van der Waals surface area contributed by atoms with Crippen LogP contribution in [0, 0.1) is 0 Å². The van der Waals surface area contributed by atoms with E-state index >= 15 is 0 Å². The zero-order valence-electron chi connectivity index (χ0n) is 18.6. The third kappa shape index (κ3) is 5.36. The van der Waals surface area contributed by atoms with Crippen molar-refractivity contribution in [2.45, 2.75) is 18.9 Å². The molecule has 2 heterocycles. The average molecular weight is 482 g/mol. The Labute approximate surface area is 194 Å². The maximum absolute atomic E-state index is 13.4. The van der Waals surface area contributed by atoms with Gasteiger partial charge in [-0.15, -0.1) is 0 Å². The van der Waals surface area contributed by atoms with Crippen LogP contribution in [0.1, 0.15) is 22.7 Å². The molecular formula is C23H26F4N4O3. The van der Waals surface area contributed by atoms with E-state index < -0.39 is 30.4 Å². The van der Waals surface area contributed by atoms with E-state index in [1.807, 2.05) is 11.9 Å². The number of hydrogen-bond donors (Lipinski definition) is 2. The van der Waals surface area contributed by atoms with Crippen LogP contribution in [0.25, 0.3) is 0 Å². The van der Waals surface area contributed by atoms with Gasteiger partial charge in [-0.1, -0.05) is 12.1 Å². The fourth-order valence-corrected chi connectivity index (χ4v) is 4.10. The standard InChI is InChI=1S/C23H26F4N4O3/c1-30-5-7-31(8-6-30)20(18-3-2-4-19-21(18)34-10-9-33-19)22(32)29-28-17-12-15(14-24)11-16(13-17)23(25,26)27/h2-4,11-13,20,28H,5-10,14H2,1H3,(H,29,32). The summed E-state index contributed by atoms with van der Waals surface area (Å²) in [5, 5.41) is 0. The van der Waals surface area contributed by atoms with E-state index in [1.165, 1.54) is 6.07 Å². The molecule has 0 radical (unpaired) electrons. The molecular weight excluding hydrogens is 456 g/mol. The molecule has 1 fully saturated rings. The summed E-state index contributed by atoms with van der Waals surface area (Å²) < 4.78 is 64.2. The van der Waals surface area contributed by atoms with Gasteiger partial charge in [0.15, 0.2) is 11.5 Å². The lowest BCUT2D eigenvalue weighted by Crippen LogP contribution is -2.50. The molecule has 0 aliphatic carbocycles. The van der Waals surface area contributed by atoms with Gasteiger partial charge in [0.1, 0.15) is 25.9 Å². The van der Waals surface area contributed by atoms with Crippen LogP contribution in [0.2, 0.25) is 0 Å². The summed E-state index contributed by atoms with van der Waals surface area (Å²) in [4.78, 5) is 17.5. The fraction of sp³-hybridized carbons (Fsp3) is 0.435. The number of nitrogens with zero attached hydrogens (tertiary/aromatic N) is 2. The quantitative estimate of drug-likeness (QED) is 0.486. The molecule has 2 N–H and O–H groups in total. The summed E-state index contributed by atoms with van der Waals surface area (Å²) in [6, 6.07) is 7.33. The molecule has 2 aromatic rings. The van der Waals surface area contributed by atoms with Crippen LogP contribution in [0.4, 0.5) is 23.2 Å². The second kappa shape index (κ2) is 10.1. The fourth-order valence-electron chi connectivity index (χ4n) is 4.10. The number of fused-ring (bicyclic) bond motifs is 1. The van der Waals surface area contributed by atoms with Crippen LogP contribution >= 0.6 is 0 Å². The lowest BCUT2D eigenvalue weighted by atomic mass is 10.0. The topological polar surface area (TPSA) is 66.1 Å². The van der Waals surface area contributed by atoms with Crippen LogP contribution in [0.3, 0.4) is 0 Å². The largest absolute Gasteiger partial charge is 0.486 e. The average Bonchev–Trinajstić information content (AvgIpc) is 2.83. The first kappa shape index (κ1) is 24.1. The van der Waals surface area contributed by atoms with Crippen LogP contribution in [0.15, 0.2) is 36.4 Å². The summed E-state index contributed by atoms with van der Waals surface area (Å²) in [6.45, 7) is 2.38. The molecule has 2 aromatic carbocycles. The van der Waals surface area contributed by atoms with Crippen molar-refractivity contribution in [2.24, 2.45) is 0 Å². The van der Waals surface area contributed by atoms with Crippen LogP contribution < -0.4 is 20.3 Å². The van der Waals surface area contributed by atoms with Crippen molar-refractivity contribution in [2.75, 3.05) is 51.9 Å². The Morgan fingerprint density at radius 2 is 1.82 bits per heavy atom. The minimum Gasteiger partial charge on any atom is -0.486 e. The van der Waals surface area contributed by atoms with E-state index in [0.29, 0.717) is 43.4 Å². The van der Waals surface area contributed by atoms with Gasteiger partial charge in [-0.25, -0.2) is 4.39 Å². The summed E-state index contributed by atoms with van der Waals surface area (Å²) in [5.74, 6) is 0.534. The van der Waals surface area contributed by atoms with E-state index in [2.05, 4.69) is 15.8 Å². The zero-order valence-corrected chi connectivity index (χ0v) is 18.6. The third-order valence-corrected chi connectivity index (χ3v) is 5.85. The Morgan fingerprint density at radius 1 is 1.09 bits per heavy atom. The second-order valence-electron chi connectivity index (χ2n) is 8.28. The molecule has 0 saturated carbocycles. The number of anilines is 1. The molecule has 0 bridgehead atoms. The predicted octanol–water partition coefficient (Wildman–Crippen LogP) is 3.38. The molecule has 184 valence electrons. The first-order valence-corrected chi connectivity index (χ1v) is 10.9. The van der Waals surface area contributed by atoms with Crippen LogP contribution in [0.5, 0.6) is 11.5 Å². The number of likely N-dealkylation sites (N-methyl/N-ethyl adjacent to an activating group) is 1. The van der Waals surface area contributed by atoms with Gasteiger partial charge in [0, 0.05) is 31.7 Å². The van der Waals surface area contributed by atoms with Crippen molar-refractivity contribution < 1.29 is 31.8 Å². The summed E-state index contributed by atoms with van der Waals surface area (Å²) in [6.07, 6.45) is -4.64. The summed E-state index contributed by atoms with van der Waals surface area (Å²) >= 11 is 0. The van der Waals surface area contributed by atoms with E-state index in [1.54, 1.807) is 18.2 Å². The van der Waals surface area contributed by atoms with E-state index in [-0.39, 0.29) is 11.3 Å². The van der Waals surface area contributed by atoms with Crippen molar-refractivity contribution in [3.05, 3.63) is 53.1 Å². The number of ether oxygens (including phenoxy) is 2. The Morgan fingerprint density at radius 3 is 2.53 bits per heavy atom. The highest BCUT2D eigenvalue weighted by molar-refractivity contribution is 5.85. The number of hydrazine groups is 1. The number of piperazine rings is 1. The molecule has 2 aliphatic heterocycles. The smallest absolute Gasteiger partial charge is 0.416 e. The van der Waals surface area contributed by atoms with Gasteiger partial charge in [0.05, 0.1) is 11.3 Å². The number of carbonyl (C=O) groups excluding carboxylic acids is 1. The highest BCUT2D eigenvalue weighted by Crippen LogP contribution is 2.39. The van der Waals surface area contributed by atoms with Gasteiger partial charge in [-0.2, -0.15) is 13.2 Å². The first-order valence-electron chi connectivity index (χ1n) is 10.9. The number of hydrogen-bond acceptors (Lipinski definition) is 6. The van der Waals surface area contributed by atoms with Crippen molar-refractivity contribution >= 4 is 11.6 Å². The lowest BCUT2D eigenvalue weighted by Gasteiger charge is -2.38. The Kier molecular flexibility index (Phi) is 7.13. The molecule has 4 rings (SSSR count). The third-order valence-electron chi connectivity index (χ3n) is 5.85. The van der Waals surface area contributed by atoms with Crippen molar-refractivity contribution in [1.29, 1.82) is 0 Å². The first-order chi connectivity index (χ1) is 16.3. The van der Waals surface area contributed by atoms with Crippen molar-refractivity contribution in [1.82, 2.24) is 15.2 Å². The number of carbonyl (C=O) groups is 1. The summed E-state index contributed by atoms with van der Waals surface area (Å²) in [7, 11) is 1.99. The Balaban J connectivity index is 1.60. The van der Waals surface area contributed by atoms with E-state index in [9.17, 15) is 22.4 Å². The molecule has 1 saturated heterocycles. The monoisotopic (exact) mass is 482 g/mol. The minimum atomic E-state index is -4.64. The van der Waals surface area contributed by atoms with Crippen molar-refractivity contribution in [3.8, 4) is 11.5 Å². The van der Waals surface area contributed by atoms with Gasteiger partial charge in [-0.05, 0) is 36.9 Å². The number of benzene rings is 2. The molecule has 0 aromatic heterocycles. The molecule has 34 heavy (non-hydrogen) atoms. The van der Waals surface area contributed by atoms with Gasteiger partial charge in [0.25, 0.3) is 5.91 Å². The number of nitrogens with one attached hydrogen (secondary N) is 2. The number of halogens is 4. The number of para-hydroxylation sites is 1. The van der Waals surface area contributed by atoms with Gasteiger partial charge < -0.3 is 14.4 Å². The molecule has 1 atom stereocenters. The Hall–Kier alpha value is -3.05. The normalized spacial score (nSPS) is 17.8. The highest BCUT2D eigenvalue weighted by Gasteiger charge is 2.34. The summed E-state index contributed by atoms with van der Waals surface area (Å²) in [5.41, 5.74) is 4.44. The maximum atomic E-state index is 13.4. The molecule has 7 nitrogen and oxygen atoms in total. The number of amides is 1. The predicted molar refractivity (Wildman–Crippen MR) is 117 cm³/mol. The number of alkyl halides is 4. The molecule has 11 heteroatoms. The zero-order chi connectivity index (χ0) is 24.3.